The van der Waals surface area contributed by atoms with Crippen molar-refractivity contribution in [3.05, 3.63) is 53.2 Å². The van der Waals surface area contributed by atoms with Crippen LogP contribution >= 0.6 is 0 Å². The minimum Gasteiger partial charge on any atom is -0.444 e. The van der Waals surface area contributed by atoms with Gasteiger partial charge in [-0.05, 0) is 82.9 Å². The maximum atomic E-state index is 12.5. The first kappa shape index (κ1) is 23.1. The van der Waals surface area contributed by atoms with Gasteiger partial charge in [-0.3, -0.25) is 4.68 Å². The third-order valence-electron chi connectivity index (χ3n) is 6.31. The standard InChI is InChI=1S/C27H31N5O3/c1-16(2)32-15-20-13-18(8-10-23(20)29-32)25-28-24(30-35-25)22-9-7-19-14-31(12-11-21(19)17(22)3)26(33)34-27(4,5)6/h7-10,13,15-16H,11-12,14H2,1-6H3. The summed E-state index contributed by atoms with van der Waals surface area (Å²) in [5, 5.41) is 9.92. The first-order valence-electron chi connectivity index (χ1n) is 12.0. The van der Waals surface area contributed by atoms with Crippen molar-refractivity contribution in [1.29, 1.82) is 0 Å². The highest BCUT2D eigenvalue weighted by Gasteiger charge is 2.27. The topological polar surface area (TPSA) is 86.3 Å². The van der Waals surface area contributed by atoms with Crippen LogP contribution in [0.2, 0.25) is 0 Å². The van der Waals surface area contributed by atoms with Crippen molar-refractivity contribution in [2.24, 2.45) is 0 Å². The lowest BCUT2D eigenvalue weighted by Crippen LogP contribution is -2.40. The highest BCUT2D eigenvalue weighted by atomic mass is 16.6. The van der Waals surface area contributed by atoms with Crippen molar-refractivity contribution in [2.75, 3.05) is 6.54 Å². The zero-order valence-corrected chi connectivity index (χ0v) is 21.1. The number of carbonyl (C=O) groups excluding carboxylic acids is 1. The van der Waals surface area contributed by atoms with Crippen LogP contribution in [0.25, 0.3) is 33.7 Å². The molecule has 4 aromatic rings. The van der Waals surface area contributed by atoms with Gasteiger partial charge in [-0.2, -0.15) is 10.1 Å². The Morgan fingerprint density at radius 1 is 1.17 bits per heavy atom. The Morgan fingerprint density at radius 3 is 2.71 bits per heavy atom. The lowest BCUT2D eigenvalue weighted by atomic mass is 9.91. The van der Waals surface area contributed by atoms with Crippen LogP contribution in [-0.4, -0.2) is 43.1 Å². The van der Waals surface area contributed by atoms with Crippen LogP contribution in [0.1, 0.15) is 57.4 Å². The molecular weight excluding hydrogens is 442 g/mol. The molecule has 0 bridgehead atoms. The molecule has 0 radical (unpaired) electrons. The minimum atomic E-state index is -0.507. The van der Waals surface area contributed by atoms with E-state index in [1.165, 1.54) is 5.56 Å². The van der Waals surface area contributed by atoms with Crippen molar-refractivity contribution in [2.45, 2.75) is 66.2 Å². The smallest absolute Gasteiger partial charge is 0.410 e. The molecule has 1 aliphatic rings. The van der Waals surface area contributed by atoms with Gasteiger partial charge < -0.3 is 14.2 Å². The van der Waals surface area contributed by atoms with Crippen molar-refractivity contribution < 1.29 is 14.1 Å². The molecule has 0 saturated heterocycles. The first-order valence-corrected chi connectivity index (χ1v) is 12.0. The molecule has 2 aromatic carbocycles. The number of fused-ring (bicyclic) bond motifs is 2. The zero-order chi connectivity index (χ0) is 24.9. The van der Waals surface area contributed by atoms with E-state index in [0.29, 0.717) is 30.8 Å². The van der Waals surface area contributed by atoms with E-state index in [1.54, 1.807) is 4.90 Å². The fraction of sp³-hybridized carbons (Fsp3) is 0.407. The van der Waals surface area contributed by atoms with Crippen LogP contribution in [0.4, 0.5) is 4.79 Å². The van der Waals surface area contributed by atoms with Crippen LogP contribution in [0.3, 0.4) is 0 Å². The molecular formula is C27H31N5O3. The van der Waals surface area contributed by atoms with Gasteiger partial charge in [0.05, 0.1) is 5.52 Å². The lowest BCUT2D eigenvalue weighted by molar-refractivity contribution is 0.0224. The Bertz CT molecular complexity index is 1410. The maximum Gasteiger partial charge on any atom is 0.410 e. The molecule has 0 fully saturated rings. The molecule has 8 heteroatoms. The molecule has 0 spiro atoms. The minimum absolute atomic E-state index is 0.274. The number of rotatable bonds is 3. The van der Waals surface area contributed by atoms with Crippen molar-refractivity contribution in [3.63, 3.8) is 0 Å². The summed E-state index contributed by atoms with van der Waals surface area (Å²) >= 11 is 0. The second-order valence-corrected chi connectivity index (χ2v) is 10.4. The first-order chi connectivity index (χ1) is 16.6. The number of amides is 1. The lowest BCUT2D eigenvalue weighted by Gasteiger charge is -2.32. The average Bonchev–Trinajstić information content (AvgIpc) is 3.45. The molecule has 1 aliphatic heterocycles. The highest BCUT2D eigenvalue weighted by molar-refractivity contribution is 5.83. The van der Waals surface area contributed by atoms with E-state index in [-0.39, 0.29) is 6.09 Å². The molecule has 0 unspecified atom stereocenters. The van der Waals surface area contributed by atoms with Crippen LogP contribution in [0, 0.1) is 6.92 Å². The van der Waals surface area contributed by atoms with E-state index in [0.717, 1.165) is 39.6 Å². The number of hydrogen-bond donors (Lipinski definition) is 0. The fourth-order valence-electron chi connectivity index (χ4n) is 4.46. The summed E-state index contributed by atoms with van der Waals surface area (Å²) in [4.78, 5) is 19.0. The number of nitrogens with zero attached hydrogens (tertiary/aromatic N) is 5. The molecule has 0 aliphatic carbocycles. The van der Waals surface area contributed by atoms with Crippen LogP contribution in [-0.2, 0) is 17.7 Å². The molecule has 8 nitrogen and oxygen atoms in total. The van der Waals surface area contributed by atoms with Crippen LogP contribution in [0.15, 0.2) is 41.1 Å². The fourth-order valence-corrected chi connectivity index (χ4v) is 4.46. The molecule has 0 saturated carbocycles. The van der Waals surface area contributed by atoms with E-state index >= 15 is 0 Å². The summed E-state index contributed by atoms with van der Waals surface area (Å²) in [5.74, 6) is 1.04. The molecule has 182 valence electrons. The highest BCUT2D eigenvalue weighted by Crippen LogP contribution is 2.32. The van der Waals surface area contributed by atoms with Crippen molar-refractivity contribution in [3.8, 4) is 22.8 Å². The monoisotopic (exact) mass is 473 g/mol. The van der Waals surface area contributed by atoms with E-state index in [1.807, 2.05) is 55.9 Å². The Kier molecular flexibility index (Phi) is 5.62. The van der Waals surface area contributed by atoms with Crippen LogP contribution < -0.4 is 0 Å². The predicted octanol–water partition coefficient (Wildman–Crippen LogP) is 5.94. The molecule has 0 N–H and O–H groups in total. The number of hydrogen-bond acceptors (Lipinski definition) is 6. The number of benzene rings is 2. The van der Waals surface area contributed by atoms with Gasteiger partial charge in [-0.1, -0.05) is 17.3 Å². The molecule has 35 heavy (non-hydrogen) atoms. The Hall–Kier alpha value is -3.68. The normalized spacial score (nSPS) is 14.0. The SMILES string of the molecule is Cc1c(-c2noc(-c3ccc4nn(C(C)C)cc4c3)n2)ccc2c1CCN(C(=O)OC(C)(C)C)C2. The van der Waals surface area contributed by atoms with Gasteiger partial charge in [0, 0.05) is 41.8 Å². The van der Waals surface area contributed by atoms with E-state index in [4.69, 9.17) is 14.2 Å². The quantitative estimate of drug-likeness (QED) is 0.366. The number of aromatic nitrogens is 4. The molecule has 1 amide bonds. The summed E-state index contributed by atoms with van der Waals surface area (Å²) in [7, 11) is 0. The summed E-state index contributed by atoms with van der Waals surface area (Å²) in [6.45, 7) is 13.1. The Morgan fingerprint density at radius 2 is 1.97 bits per heavy atom. The van der Waals surface area contributed by atoms with Gasteiger partial charge in [0.25, 0.3) is 5.89 Å². The van der Waals surface area contributed by atoms with Crippen LogP contribution in [0.5, 0.6) is 0 Å². The zero-order valence-electron chi connectivity index (χ0n) is 21.1. The average molecular weight is 474 g/mol. The molecule has 5 rings (SSSR count). The van der Waals surface area contributed by atoms with Gasteiger partial charge in [0.2, 0.25) is 5.82 Å². The third-order valence-corrected chi connectivity index (χ3v) is 6.31. The predicted molar refractivity (Wildman–Crippen MR) is 134 cm³/mol. The largest absolute Gasteiger partial charge is 0.444 e. The Labute approximate surface area is 204 Å². The second-order valence-electron chi connectivity index (χ2n) is 10.4. The summed E-state index contributed by atoms with van der Waals surface area (Å²) in [6.07, 6.45) is 2.52. The van der Waals surface area contributed by atoms with Crippen molar-refractivity contribution >= 4 is 17.0 Å². The van der Waals surface area contributed by atoms with Gasteiger partial charge in [0.1, 0.15) is 5.60 Å². The molecule has 2 aromatic heterocycles. The maximum absolute atomic E-state index is 12.5. The van der Waals surface area contributed by atoms with E-state index in [2.05, 4.69) is 37.1 Å². The van der Waals surface area contributed by atoms with Gasteiger partial charge in [-0.25, -0.2) is 4.79 Å². The Balaban J connectivity index is 1.39. The summed E-state index contributed by atoms with van der Waals surface area (Å²) in [6, 6.07) is 10.3. The van der Waals surface area contributed by atoms with Gasteiger partial charge >= 0.3 is 6.09 Å². The van der Waals surface area contributed by atoms with E-state index in [9.17, 15) is 4.79 Å². The number of carbonyl (C=O) groups is 1. The van der Waals surface area contributed by atoms with E-state index < -0.39 is 5.60 Å². The van der Waals surface area contributed by atoms with Gasteiger partial charge in [-0.15, -0.1) is 0 Å². The summed E-state index contributed by atoms with van der Waals surface area (Å²) < 4.78 is 13.1. The van der Waals surface area contributed by atoms with Gasteiger partial charge in [0.15, 0.2) is 0 Å². The molecule has 3 heterocycles. The second kappa shape index (κ2) is 8.52. The third kappa shape index (κ3) is 4.52. The number of ether oxygens (including phenoxy) is 1. The molecule has 0 atom stereocenters. The summed E-state index contributed by atoms with van der Waals surface area (Å²) in [5.41, 5.74) is 5.71. The van der Waals surface area contributed by atoms with Crippen molar-refractivity contribution in [1.82, 2.24) is 24.8 Å².